The molecule has 0 bridgehead atoms. The third-order valence-corrected chi connectivity index (χ3v) is 4.81. The van der Waals surface area contributed by atoms with Crippen molar-refractivity contribution in [3.05, 3.63) is 81.7 Å². The Balaban J connectivity index is 1.72. The van der Waals surface area contributed by atoms with Crippen molar-refractivity contribution in [2.24, 2.45) is 0 Å². The Morgan fingerprint density at radius 3 is 2.59 bits per heavy atom. The van der Waals surface area contributed by atoms with E-state index in [2.05, 4.69) is 27.4 Å². The molecule has 0 unspecified atom stereocenters. The van der Waals surface area contributed by atoms with Crippen LogP contribution in [0.25, 0.3) is 0 Å². The molecule has 1 aliphatic heterocycles. The first-order valence-electron chi connectivity index (χ1n) is 8.77. The van der Waals surface area contributed by atoms with Crippen LogP contribution >= 0.6 is 0 Å². The number of aryl methyl sites for hydroxylation is 1. The molecule has 2 heterocycles. The summed E-state index contributed by atoms with van der Waals surface area (Å²) >= 11 is 0. The van der Waals surface area contributed by atoms with Gasteiger partial charge in [-0.25, -0.2) is 9.97 Å². The van der Waals surface area contributed by atoms with E-state index in [-0.39, 0.29) is 11.5 Å². The molecule has 4 rings (SSSR count). The maximum absolute atomic E-state index is 11.9. The third kappa shape index (κ3) is 3.31. The van der Waals surface area contributed by atoms with Gasteiger partial charge < -0.3 is 10.2 Å². The van der Waals surface area contributed by atoms with Gasteiger partial charge in [-0.05, 0) is 36.1 Å². The molecule has 0 atom stereocenters. The molecule has 0 amide bonds. The number of para-hydroxylation sites is 1. The van der Waals surface area contributed by atoms with Gasteiger partial charge in [0, 0.05) is 18.8 Å². The highest BCUT2D eigenvalue weighted by molar-refractivity contribution is 5.75. The van der Waals surface area contributed by atoms with Gasteiger partial charge in [-0.1, -0.05) is 42.5 Å². The minimum atomic E-state index is -0.406. The lowest BCUT2D eigenvalue weighted by atomic mass is 10.00. The minimum Gasteiger partial charge on any atom is -0.346 e. The lowest BCUT2D eigenvalue weighted by molar-refractivity contribution is -0.383. The molecule has 1 aliphatic rings. The molecule has 3 aromatic rings. The number of nitrogens with one attached hydrogen (secondary N) is 1. The predicted molar refractivity (Wildman–Crippen MR) is 104 cm³/mol. The topological polar surface area (TPSA) is 84.2 Å². The van der Waals surface area contributed by atoms with Crippen molar-refractivity contribution in [1.82, 2.24) is 9.97 Å². The third-order valence-electron chi connectivity index (χ3n) is 4.81. The van der Waals surface area contributed by atoms with Gasteiger partial charge in [0.05, 0.1) is 4.92 Å². The van der Waals surface area contributed by atoms with Crippen LogP contribution < -0.4 is 10.2 Å². The largest absolute Gasteiger partial charge is 0.353 e. The SMILES string of the molecule is Cc1ccccc1Nc1ncnc(N2CCc3ccccc3C2)c1[N+](=O)[O-]. The first kappa shape index (κ1) is 17.0. The molecule has 1 N–H and O–H groups in total. The van der Waals surface area contributed by atoms with E-state index >= 15 is 0 Å². The second kappa shape index (κ2) is 7.03. The summed E-state index contributed by atoms with van der Waals surface area (Å²) < 4.78 is 0. The molecule has 27 heavy (non-hydrogen) atoms. The van der Waals surface area contributed by atoms with Crippen LogP contribution in [0.1, 0.15) is 16.7 Å². The quantitative estimate of drug-likeness (QED) is 0.558. The summed E-state index contributed by atoms with van der Waals surface area (Å²) in [6.45, 7) is 3.22. The number of benzene rings is 2. The zero-order chi connectivity index (χ0) is 18.8. The predicted octanol–water partition coefficient (Wildman–Crippen LogP) is 4.00. The summed E-state index contributed by atoms with van der Waals surface area (Å²) in [5, 5.41) is 15.0. The molecule has 2 aromatic carbocycles. The van der Waals surface area contributed by atoms with Crippen LogP contribution in [0.5, 0.6) is 0 Å². The molecule has 0 saturated heterocycles. The van der Waals surface area contributed by atoms with E-state index in [4.69, 9.17) is 0 Å². The summed E-state index contributed by atoms with van der Waals surface area (Å²) in [4.78, 5) is 21.8. The molecule has 1 aromatic heterocycles. The van der Waals surface area contributed by atoms with Gasteiger partial charge in [0.25, 0.3) is 0 Å². The molecular formula is C20H19N5O2. The van der Waals surface area contributed by atoms with E-state index in [0.29, 0.717) is 18.9 Å². The van der Waals surface area contributed by atoms with E-state index in [1.807, 2.05) is 48.2 Å². The Labute approximate surface area is 156 Å². The second-order valence-electron chi connectivity index (χ2n) is 6.53. The molecule has 0 aliphatic carbocycles. The molecule has 7 nitrogen and oxygen atoms in total. The Morgan fingerprint density at radius 1 is 1.07 bits per heavy atom. The maximum Gasteiger partial charge on any atom is 0.353 e. The number of fused-ring (bicyclic) bond motifs is 1. The summed E-state index contributed by atoms with van der Waals surface area (Å²) in [5.41, 5.74) is 4.13. The highest BCUT2D eigenvalue weighted by atomic mass is 16.6. The molecule has 136 valence electrons. The van der Waals surface area contributed by atoms with Crippen molar-refractivity contribution in [3.63, 3.8) is 0 Å². The van der Waals surface area contributed by atoms with E-state index in [1.165, 1.54) is 17.5 Å². The normalized spacial score (nSPS) is 13.1. The van der Waals surface area contributed by atoms with E-state index in [9.17, 15) is 10.1 Å². The lowest BCUT2D eigenvalue weighted by Crippen LogP contribution is -2.31. The number of nitrogens with zero attached hydrogens (tertiary/aromatic N) is 4. The van der Waals surface area contributed by atoms with Crippen LogP contribution in [-0.4, -0.2) is 21.4 Å². The van der Waals surface area contributed by atoms with Crippen molar-refractivity contribution in [3.8, 4) is 0 Å². The molecular weight excluding hydrogens is 342 g/mol. The fourth-order valence-electron chi connectivity index (χ4n) is 3.38. The average molecular weight is 361 g/mol. The van der Waals surface area contributed by atoms with E-state index in [1.54, 1.807) is 0 Å². The van der Waals surface area contributed by atoms with Gasteiger partial charge in [-0.3, -0.25) is 10.1 Å². The Hall–Kier alpha value is -3.48. The van der Waals surface area contributed by atoms with Crippen molar-refractivity contribution < 1.29 is 4.92 Å². The number of hydrogen-bond donors (Lipinski definition) is 1. The fraction of sp³-hybridized carbons (Fsp3) is 0.200. The van der Waals surface area contributed by atoms with Crippen LogP contribution in [0.4, 0.5) is 23.0 Å². The zero-order valence-corrected chi connectivity index (χ0v) is 14.9. The lowest BCUT2D eigenvalue weighted by Gasteiger charge is -2.29. The molecule has 0 spiro atoms. The molecule has 7 heteroatoms. The number of rotatable bonds is 4. The number of aromatic nitrogens is 2. The standard InChI is InChI=1S/C20H19N5O2/c1-14-6-2-5-9-17(14)23-19-18(25(26)27)20(22-13-21-19)24-11-10-15-7-3-4-8-16(15)12-24/h2-9,13H,10-12H2,1H3,(H,21,22,23). The van der Waals surface area contributed by atoms with Gasteiger partial charge in [-0.15, -0.1) is 0 Å². The zero-order valence-electron chi connectivity index (χ0n) is 14.9. The van der Waals surface area contributed by atoms with Gasteiger partial charge in [-0.2, -0.15) is 0 Å². The van der Waals surface area contributed by atoms with Crippen molar-refractivity contribution >= 4 is 23.0 Å². The first-order chi connectivity index (χ1) is 13.1. The Kier molecular flexibility index (Phi) is 4.42. The molecule has 0 fully saturated rings. The van der Waals surface area contributed by atoms with Crippen LogP contribution in [0, 0.1) is 17.0 Å². The van der Waals surface area contributed by atoms with E-state index in [0.717, 1.165) is 17.7 Å². The minimum absolute atomic E-state index is 0.0971. The van der Waals surface area contributed by atoms with Crippen molar-refractivity contribution in [2.75, 3.05) is 16.8 Å². The Bertz CT molecular complexity index is 1010. The van der Waals surface area contributed by atoms with Gasteiger partial charge >= 0.3 is 5.69 Å². The van der Waals surface area contributed by atoms with Crippen LogP contribution in [0.15, 0.2) is 54.9 Å². The number of anilines is 3. The smallest absolute Gasteiger partial charge is 0.346 e. The van der Waals surface area contributed by atoms with E-state index < -0.39 is 4.92 Å². The van der Waals surface area contributed by atoms with Crippen molar-refractivity contribution in [1.29, 1.82) is 0 Å². The van der Waals surface area contributed by atoms with Gasteiger partial charge in [0.1, 0.15) is 6.33 Å². The summed E-state index contributed by atoms with van der Waals surface area (Å²) in [6, 6.07) is 15.8. The molecule has 0 saturated carbocycles. The highest BCUT2D eigenvalue weighted by Crippen LogP contribution is 2.36. The second-order valence-corrected chi connectivity index (χ2v) is 6.53. The Morgan fingerprint density at radius 2 is 1.81 bits per heavy atom. The van der Waals surface area contributed by atoms with Crippen LogP contribution in [0.2, 0.25) is 0 Å². The molecule has 0 radical (unpaired) electrons. The number of hydrogen-bond acceptors (Lipinski definition) is 6. The first-order valence-corrected chi connectivity index (χ1v) is 8.77. The monoisotopic (exact) mass is 361 g/mol. The van der Waals surface area contributed by atoms with Crippen molar-refractivity contribution in [2.45, 2.75) is 19.9 Å². The van der Waals surface area contributed by atoms with Gasteiger partial charge in [0.2, 0.25) is 11.6 Å². The van der Waals surface area contributed by atoms with Crippen LogP contribution in [0.3, 0.4) is 0 Å². The maximum atomic E-state index is 11.9. The summed E-state index contributed by atoms with van der Waals surface area (Å²) in [5.74, 6) is 0.554. The summed E-state index contributed by atoms with van der Waals surface area (Å²) in [6.07, 6.45) is 2.21. The van der Waals surface area contributed by atoms with Gasteiger partial charge in [0.15, 0.2) is 0 Å². The van der Waals surface area contributed by atoms with Crippen LogP contribution in [-0.2, 0) is 13.0 Å². The highest BCUT2D eigenvalue weighted by Gasteiger charge is 2.29. The number of nitro groups is 1. The average Bonchev–Trinajstić information content (AvgIpc) is 2.69. The summed E-state index contributed by atoms with van der Waals surface area (Å²) in [7, 11) is 0. The fourth-order valence-corrected chi connectivity index (χ4v) is 3.38.